The minimum Gasteiger partial charge on any atom is -0.377 e. The van der Waals surface area contributed by atoms with Gasteiger partial charge in [0.15, 0.2) is 0 Å². The van der Waals surface area contributed by atoms with Gasteiger partial charge < -0.3 is 10.1 Å². The third-order valence-corrected chi connectivity index (χ3v) is 3.36. The minimum atomic E-state index is 0.565. The van der Waals surface area contributed by atoms with Gasteiger partial charge in [0.2, 0.25) is 0 Å². The van der Waals surface area contributed by atoms with Gasteiger partial charge in [-0.05, 0) is 18.8 Å². The van der Waals surface area contributed by atoms with Crippen LogP contribution in [0.3, 0.4) is 0 Å². The van der Waals surface area contributed by atoms with Gasteiger partial charge in [-0.2, -0.15) is 0 Å². The molecular formula is C11H21NO. The smallest absolute Gasteiger partial charge is 0.0616 e. The maximum Gasteiger partial charge on any atom is 0.0616 e. The summed E-state index contributed by atoms with van der Waals surface area (Å²) in [6.07, 6.45) is 8.87. The summed E-state index contributed by atoms with van der Waals surface area (Å²) in [5.41, 5.74) is 0. The second-order valence-electron chi connectivity index (χ2n) is 4.37. The van der Waals surface area contributed by atoms with E-state index in [2.05, 4.69) is 5.32 Å². The molecule has 2 fully saturated rings. The average molecular weight is 183 g/mol. The lowest BCUT2D eigenvalue weighted by Gasteiger charge is -2.26. The Morgan fingerprint density at radius 2 is 1.85 bits per heavy atom. The predicted molar refractivity (Wildman–Crippen MR) is 53.8 cm³/mol. The third kappa shape index (κ3) is 2.68. The first-order chi connectivity index (χ1) is 6.47. The molecule has 1 saturated carbocycles. The molecule has 2 heteroatoms. The zero-order valence-electron chi connectivity index (χ0n) is 8.43. The van der Waals surface area contributed by atoms with E-state index in [-0.39, 0.29) is 0 Å². The lowest BCUT2D eigenvalue weighted by atomic mass is 9.89. The standard InChI is InChI=1S/C11H21NO/c1-2-4-6-11-10(5-3-1)9-12-7-8-13-11/h10-12H,1-9H2. The molecule has 76 valence electrons. The molecule has 1 heterocycles. The Hall–Kier alpha value is -0.0800. The molecule has 0 spiro atoms. The highest BCUT2D eigenvalue weighted by Gasteiger charge is 2.24. The largest absolute Gasteiger partial charge is 0.377 e. The Balaban J connectivity index is 1.91. The van der Waals surface area contributed by atoms with Crippen molar-refractivity contribution in [2.75, 3.05) is 19.7 Å². The summed E-state index contributed by atoms with van der Waals surface area (Å²) in [4.78, 5) is 0. The molecule has 2 nitrogen and oxygen atoms in total. The van der Waals surface area contributed by atoms with Gasteiger partial charge in [-0.3, -0.25) is 0 Å². The van der Waals surface area contributed by atoms with Crippen LogP contribution >= 0.6 is 0 Å². The normalized spacial score (nSPS) is 36.9. The fraction of sp³-hybridized carbons (Fsp3) is 1.00. The molecule has 0 aromatic rings. The highest BCUT2D eigenvalue weighted by Crippen LogP contribution is 2.25. The van der Waals surface area contributed by atoms with E-state index in [1.165, 1.54) is 45.1 Å². The molecule has 1 saturated heterocycles. The molecule has 1 aliphatic carbocycles. The molecule has 0 aromatic carbocycles. The SMILES string of the molecule is C1CCCC2OCCNCC2CC1. The van der Waals surface area contributed by atoms with Gasteiger partial charge in [0, 0.05) is 13.1 Å². The minimum absolute atomic E-state index is 0.565. The van der Waals surface area contributed by atoms with Gasteiger partial charge in [-0.25, -0.2) is 0 Å². The van der Waals surface area contributed by atoms with Crippen LogP contribution in [-0.4, -0.2) is 25.8 Å². The van der Waals surface area contributed by atoms with Gasteiger partial charge in [0.25, 0.3) is 0 Å². The van der Waals surface area contributed by atoms with Gasteiger partial charge in [0.1, 0.15) is 0 Å². The Morgan fingerprint density at radius 3 is 2.77 bits per heavy atom. The van der Waals surface area contributed by atoms with Crippen molar-refractivity contribution in [2.45, 2.75) is 44.6 Å². The second kappa shape index (κ2) is 4.97. The van der Waals surface area contributed by atoms with Crippen molar-refractivity contribution in [1.82, 2.24) is 5.32 Å². The second-order valence-corrected chi connectivity index (χ2v) is 4.37. The molecule has 2 atom stereocenters. The molecule has 1 aliphatic heterocycles. The average Bonchev–Trinajstić information content (AvgIpc) is 2.30. The summed E-state index contributed by atoms with van der Waals surface area (Å²) >= 11 is 0. The van der Waals surface area contributed by atoms with Crippen molar-refractivity contribution in [3.05, 3.63) is 0 Å². The highest BCUT2D eigenvalue weighted by atomic mass is 16.5. The van der Waals surface area contributed by atoms with E-state index >= 15 is 0 Å². The van der Waals surface area contributed by atoms with Crippen LogP contribution in [0.2, 0.25) is 0 Å². The van der Waals surface area contributed by atoms with Crippen LogP contribution in [0.1, 0.15) is 38.5 Å². The van der Waals surface area contributed by atoms with Crippen molar-refractivity contribution in [2.24, 2.45) is 5.92 Å². The van der Waals surface area contributed by atoms with E-state index in [1.54, 1.807) is 0 Å². The molecule has 1 N–H and O–H groups in total. The molecule has 0 amide bonds. The van der Waals surface area contributed by atoms with E-state index < -0.39 is 0 Å². The Kier molecular flexibility index (Phi) is 3.62. The van der Waals surface area contributed by atoms with Crippen LogP contribution in [0.4, 0.5) is 0 Å². The van der Waals surface area contributed by atoms with Crippen LogP contribution in [0.5, 0.6) is 0 Å². The van der Waals surface area contributed by atoms with Crippen molar-refractivity contribution in [1.29, 1.82) is 0 Å². The molecule has 0 radical (unpaired) electrons. The van der Waals surface area contributed by atoms with Crippen molar-refractivity contribution < 1.29 is 4.74 Å². The maximum absolute atomic E-state index is 5.88. The molecule has 0 aromatic heterocycles. The van der Waals surface area contributed by atoms with Crippen LogP contribution in [0.15, 0.2) is 0 Å². The molecule has 2 aliphatic rings. The van der Waals surface area contributed by atoms with E-state index in [1.807, 2.05) is 0 Å². The van der Waals surface area contributed by atoms with Crippen LogP contribution in [0, 0.1) is 5.92 Å². The van der Waals surface area contributed by atoms with E-state index in [0.29, 0.717) is 6.10 Å². The lowest BCUT2D eigenvalue weighted by Crippen LogP contribution is -2.29. The Bertz CT molecular complexity index is 133. The molecule has 13 heavy (non-hydrogen) atoms. The van der Waals surface area contributed by atoms with Crippen LogP contribution in [0.25, 0.3) is 0 Å². The van der Waals surface area contributed by atoms with E-state index in [0.717, 1.165) is 19.1 Å². The monoisotopic (exact) mass is 183 g/mol. The van der Waals surface area contributed by atoms with Crippen molar-refractivity contribution in [3.63, 3.8) is 0 Å². The summed E-state index contributed by atoms with van der Waals surface area (Å²) in [6, 6.07) is 0. The lowest BCUT2D eigenvalue weighted by molar-refractivity contribution is 0.0177. The Labute approximate surface area is 81.0 Å². The Morgan fingerprint density at radius 1 is 1.00 bits per heavy atom. The number of hydrogen-bond donors (Lipinski definition) is 1. The summed E-state index contributed by atoms with van der Waals surface area (Å²) in [5.74, 6) is 0.794. The summed E-state index contributed by atoms with van der Waals surface area (Å²) in [7, 11) is 0. The number of hydrogen-bond acceptors (Lipinski definition) is 2. The highest BCUT2D eigenvalue weighted by molar-refractivity contribution is 4.77. The number of rotatable bonds is 0. The van der Waals surface area contributed by atoms with Gasteiger partial charge in [-0.15, -0.1) is 0 Å². The maximum atomic E-state index is 5.88. The first kappa shape index (κ1) is 9.47. The number of nitrogens with one attached hydrogen (secondary N) is 1. The number of fused-ring (bicyclic) bond motifs is 1. The fourth-order valence-corrected chi connectivity index (χ4v) is 2.55. The first-order valence-corrected chi connectivity index (χ1v) is 5.79. The summed E-state index contributed by atoms with van der Waals surface area (Å²) in [6.45, 7) is 3.15. The molecule has 0 bridgehead atoms. The van der Waals surface area contributed by atoms with Crippen molar-refractivity contribution >= 4 is 0 Å². The number of ether oxygens (including phenoxy) is 1. The molecule has 2 rings (SSSR count). The topological polar surface area (TPSA) is 21.3 Å². The van der Waals surface area contributed by atoms with Gasteiger partial charge in [0.05, 0.1) is 12.7 Å². The van der Waals surface area contributed by atoms with E-state index in [9.17, 15) is 0 Å². The summed E-state index contributed by atoms with van der Waals surface area (Å²) in [5, 5.41) is 3.47. The van der Waals surface area contributed by atoms with Crippen LogP contribution < -0.4 is 5.32 Å². The molecular weight excluding hydrogens is 162 g/mol. The predicted octanol–water partition coefficient (Wildman–Crippen LogP) is 1.95. The quantitative estimate of drug-likeness (QED) is 0.619. The first-order valence-electron chi connectivity index (χ1n) is 5.79. The van der Waals surface area contributed by atoms with Gasteiger partial charge >= 0.3 is 0 Å². The fourth-order valence-electron chi connectivity index (χ4n) is 2.55. The summed E-state index contributed by atoms with van der Waals surface area (Å²) < 4.78 is 5.88. The van der Waals surface area contributed by atoms with E-state index in [4.69, 9.17) is 4.74 Å². The van der Waals surface area contributed by atoms with Crippen molar-refractivity contribution in [3.8, 4) is 0 Å². The van der Waals surface area contributed by atoms with Crippen LogP contribution in [-0.2, 0) is 4.74 Å². The zero-order chi connectivity index (χ0) is 8.93. The van der Waals surface area contributed by atoms with Gasteiger partial charge in [-0.1, -0.05) is 25.7 Å². The molecule has 2 unspecified atom stereocenters. The zero-order valence-corrected chi connectivity index (χ0v) is 8.43. The third-order valence-electron chi connectivity index (χ3n) is 3.36.